The average Bonchev–Trinajstić information content (AvgIpc) is 1.92. The van der Waals surface area contributed by atoms with Crippen LogP contribution in [0, 0.1) is 0 Å². The van der Waals surface area contributed by atoms with Gasteiger partial charge in [0.25, 0.3) is 0 Å². The largest absolute Gasteiger partial charge is 0.417 e. The Kier molecular flexibility index (Phi) is 2.44. The standard InChI is InChI=1S/C6H5ClF3NO/c7-4-1-3(6(8,9)10)2-11-5(4)12/h1-2,4-5,12H. The molecule has 1 N–H and O–H groups in total. The monoisotopic (exact) mass is 199 g/mol. The molecule has 0 spiro atoms. The van der Waals surface area contributed by atoms with E-state index in [9.17, 15) is 13.2 Å². The number of aliphatic hydroxyl groups excluding tert-OH is 1. The molecule has 0 aromatic carbocycles. The number of allylic oxidation sites excluding steroid dienone is 1. The molecule has 2 nitrogen and oxygen atoms in total. The Balaban J connectivity index is 2.84. The normalized spacial score (nSPS) is 30.2. The Bertz CT molecular complexity index is 235. The lowest BCUT2D eigenvalue weighted by Gasteiger charge is -2.17. The maximum atomic E-state index is 11.9. The van der Waals surface area contributed by atoms with Crippen molar-refractivity contribution in [1.82, 2.24) is 0 Å². The molecule has 0 aliphatic carbocycles. The van der Waals surface area contributed by atoms with Gasteiger partial charge in [0.05, 0.1) is 11.0 Å². The van der Waals surface area contributed by atoms with Crippen LogP contribution in [-0.4, -0.2) is 29.1 Å². The second kappa shape index (κ2) is 3.06. The molecule has 68 valence electrons. The fourth-order valence-corrected chi connectivity index (χ4v) is 0.908. The second-order valence-electron chi connectivity index (χ2n) is 2.26. The summed E-state index contributed by atoms with van der Waals surface area (Å²) in [6.45, 7) is 0. The van der Waals surface area contributed by atoms with E-state index in [1.807, 2.05) is 0 Å². The molecule has 0 fully saturated rings. The van der Waals surface area contributed by atoms with Crippen LogP contribution in [0.4, 0.5) is 13.2 Å². The molecule has 1 aliphatic heterocycles. The minimum atomic E-state index is -4.45. The molecule has 0 amide bonds. The second-order valence-corrected chi connectivity index (χ2v) is 2.76. The highest BCUT2D eigenvalue weighted by Gasteiger charge is 2.35. The topological polar surface area (TPSA) is 32.6 Å². The predicted molar refractivity (Wildman–Crippen MR) is 38.3 cm³/mol. The fourth-order valence-electron chi connectivity index (χ4n) is 0.707. The van der Waals surface area contributed by atoms with Crippen LogP contribution in [0.15, 0.2) is 16.6 Å². The van der Waals surface area contributed by atoms with Gasteiger partial charge in [-0.1, -0.05) is 0 Å². The van der Waals surface area contributed by atoms with Crippen LogP contribution in [-0.2, 0) is 0 Å². The summed E-state index contributed by atoms with van der Waals surface area (Å²) in [5.74, 6) is 0. The van der Waals surface area contributed by atoms with Gasteiger partial charge in [-0.05, 0) is 6.08 Å². The predicted octanol–water partition coefficient (Wildman–Crippen LogP) is 1.49. The van der Waals surface area contributed by atoms with Crippen molar-refractivity contribution < 1.29 is 18.3 Å². The van der Waals surface area contributed by atoms with Gasteiger partial charge in [-0.2, -0.15) is 13.2 Å². The highest BCUT2D eigenvalue weighted by atomic mass is 35.5. The fraction of sp³-hybridized carbons (Fsp3) is 0.500. The van der Waals surface area contributed by atoms with E-state index >= 15 is 0 Å². The first-order chi connectivity index (χ1) is 5.41. The van der Waals surface area contributed by atoms with Crippen molar-refractivity contribution in [1.29, 1.82) is 0 Å². The van der Waals surface area contributed by atoms with Crippen molar-refractivity contribution in [2.45, 2.75) is 17.8 Å². The van der Waals surface area contributed by atoms with E-state index in [1.54, 1.807) is 0 Å². The molecule has 0 saturated carbocycles. The Hall–Kier alpha value is -0.550. The van der Waals surface area contributed by atoms with Gasteiger partial charge in [-0.25, -0.2) is 0 Å². The van der Waals surface area contributed by atoms with Crippen LogP contribution in [0.1, 0.15) is 0 Å². The number of hydrogen-bond donors (Lipinski definition) is 1. The first-order valence-corrected chi connectivity index (χ1v) is 3.49. The molecule has 0 aromatic heterocycles. The van der Waals surface area contributed by atoms with Crippen molar-refractivity contribution in [3.05, 3.63) is 11.6 Å². The van der Waals surface area contributed by atoms with Gasteiger partial charge in [0.15, 0.2) is 6.23 Å². The molecule has 0 radical (unpaired) electrons. The van der Waals surface area contributed by atoms with Crippen molar-refractivity contribution in [2.75, 3.05) is 0 Å². The van der Waals surface area contributed by atoms with Crippen molar-refractivity contribution in [2.24, 2.45) is 4.99 Å². The lowest BCUT2D eigenvalue weighted by Crippen LogP contribution is -2.25. The SMILES string of the molecule is OC1N=CC(C(F)(F)F)=CC1Cl. The molecule has 0 bridgehead atoms. The van der Waals surface area contributed by atoms with Gasteiger partial charge in [-0.3, -0.25) is 4.99 Å². The van der Waals surface area contributed by atoms with E-state index in [2.05, 4.69) is 4.99 Å². The number of hydrogen-bond acceptors (Lipinski definition) is 2. The van der Waals surface area contributed by atoms with E-state index in [4.69, 9.17) is 16.7 Å². The third-order valence-corrected chi connectivity index (χ3v) is 1.67. The summed E-state index contributed by atoms with van der Waals surface area (Å²) < 4.78 is 35.8. The minimum absolute atomic E-state index is 0.573. The maximum Gasteiger partial charge on any atom is 0.417 e. The van der Waals surface area contributed by atoms with Crippen LogP contribution >= 0.6 is 11.6 Å². The number of alkyl halides is 4. The lowest BCUT2D eigenvalue weighted by atomic mass is 10.1. The van der Waals surface area contributed by atoms with Gasteiger partial charge in [0.2, 0.25) is 0 Å². The van der Waals surface area contributed by atoms with E-state index < -0.39 is 23.4 Å². The van der Waals surface area contributed by atoms with E-state index in [-0.39, 0.29) is 0 Å². The van der Waals surface area contributed by atoms with Gasteiger partial charge < -0.3 is 5.11 Å². The van der Waals surface area contributed by atoms with Crippen LogP contribution in [0.5, 0.6) is 0 Å². The maximum absolute atomic E-state index is 11.9. The van der Waals surface area contributed by atoms with Gasteiger partial charge in [0, 0.05) is 6.21 Å². The van der Waals surface area contributed by atoms with E-state index in [1.165, 1.54) is 0 Å². The summed E-state index contributed by atoms with van der Waals surface area (Å²) in [6, 6.07) is 0. The average molecular weight is 200 g/mol. The Morgan fingerprint density at radius 1 is 1.50 bits per heavy atom. The number of rotatable bonds is 0. The van der Waals surface area contributed by atoms with Gasteiger partial charge in [-0.15, -0.1) is 11.6 Å². The first-order valence-electron chi connectivity index (χ1n) is 3.05. The highest BCUT2D eigenvalue weighted by molar-refractivity contribution is 6.22. The molecule has 2 unspecified atom stereocenters. The first kappa shape index (κ1) is 9.54. The molecular weight excluding hydrogens is 195 g/mol. The van der Waals surface area contributed by atoms with Gasteiger partial charge in [0.1, 0.15) is 0 Å². The van der Waals surface area contributed by atoms with Crippen molar-refractivity contribution >= 4 is 17.8 Å². The van der Waals surface area contributed by atoms with Crippen LogP contribution in [0.2, 0.25) is 0 Å². The molecule has 0 saturated heterocycles. The summed E-state index contributed by atoms with van der Waals surface area (Å²) in [4.78, 5) is 3.17. The third-order valence-electron chi connectivity index (χ3n) is 1.32. The Morgan fingerprint density at radius 3 is 2.50 bits per heavy atom. The zero-order chi connectivity index (χ0) is 9.35. The Morgan fingerprint density at radius 2 is 2.08 bits per heavy atom. The number of nitrogens with zero attached hydrogens (tertiary/aromatic N) is 1. The zero-order valence-corrected chi connectivity index (χ0v) is 6.47. The molecule has 1 heterocycles. The van der Waals surface area contributed by atoms with Crippen molar-refractivity contribution in [3.63, 3.8) is 0 Å². The summed E-state index contributed by atoms with van der Waals surface area (Å²) in [5.41, 5.74) is -0.923. The smallest absolute Gasteiger partial charge is 0.370 e. The Labute approximate surface area is 71.4 Å². The summed E-state index contributed by atoms with van der Waals surface area (Å²) >= 11 is 5.33. The van der Waals surface area contributed by atoms with Crippen LogP contribution in [0.3, 0.4) is 0 Å². The molecular formula is C6H5ClF3NO. The zero-order valence-electron chi connectivity index (χ0n) is 5.72. The minimum Gasteiger partial charge on any atom is -0.370 e. The lowest BCUT2D eigenvalue weighted by molar-refractivity contribution is -0.0862. The summed E-state index contributed by atoms with van der Waals surface area (Å²) in [5, 5.41) is 7.71. The number of aliphatic hydroxyl groups is 1. The van der Waals surface area contributed by atoms with E-state index in [0.29, 0.717) is 6.21 Å². The van der Waals surface area contributed by atoms with E-state index in [0.717, 1.165) is 6.08 Å². The molecule has 1 aliphatic rings. The summed E-state index contributed by atoms with van der Waals surface area (Å²) in [6.07, 6.45) is -4.42. The van der Waals surface area contributed by atoms with Crippen LogP contribution < -0.4 is 0 Å². The highest BCUT2D eigenvalue weighted by Crippen LogP contribution is 2.28. The molecule has 0 aromatic rings. The number of dihydropyridines is 1. The quantitative estimate of drug-likeness (QED) is 0.589. The number of aliphatic imine (C=N–C) groups is 1. The van der Waals surface area contributed by atoms with Gasteiger partial charge >= 0.3 is 6.18 Å². The third kappa shape index (κ3) is 1.98. The molecule has 1 rings (SSSR count). The van der Waals surface area contributed by atoms with Crippen molar-refractivity contribution in [3.8, 4) is 0 Å². The number of halogens is 4. The molecule has 2 atom stereocenters. The van der Waals surface area contributed by atoms with Crippen LogP contribution in [0.25, 0.3) is 0 Å². The summed E-state index contributed by atoms with van der Waals surface area (Å²) in [7, 11) is 0. The molecule has 6 heteroatoms. The molecule has 12 heavy (non-hydrogen) atoms.